The van der Waals surface area contributed by atoms with Gasteiger partial charge in [0.05, 0.1) is 11.4 Å². The van der Waals surface area contributed by atoms with Gasteiger partial charge in [0.15, 0.2) is 0 Å². The van der Waals surface area contributed by atoms with Crippen molar-refractivity contribution in [1.29, 1.82) is 0 Å². The van der Waals surface area contributed by atoms with Crippen molar-refractivity contribution >= 4 is 17.7 Å². The minimum absolute atomic E-state index is 0.233. The minimum Gasteiger partial charge on any atom is -0.282 e. The third-order valence-electron chi connectivity index (χ3n) is 2.35. The molecule has 0 unspecified atom stereocenters. The van der Waals surface area contributed by atoms with Crippen LogP contribution in [0.15, 0.2) is 30.3 Å². The molecule has 0 aliphatic heterocycles. The predicted molar refractivity (Wildman–Crippen MR) is 66.4 cm³/mol. The quantitative estimate of drug-likeness (QED) is 0.808. The van der Waals surface area contributed by atoms with Crippen molar-refractivity contribution in [3.63, 3.8) is 0 Å². The molecule has 3 nitrogen and oxygen atoms in total. The van der Waals surface area contributed by atoms with Crippen molar-refractivity contribution in [3.8, 4) is 5.69 Å². The molecule has 1 aromatic carbocycles. The Kier molecular flexibility index (Phi) is 2.83. The van der Waals surface area contributed by atoms with E-state index >= 15 is 0 Å². The largest absolute Gasteiger partial charge is 0.282 e. The van der Waals surface area contributed by atoms with Gasteiger partial charge in [-0.05, 0) is 32.0 Å². The number of hydrogen-bond acceptors (Lipinski definition) is 2. The molecule has 16 heavy (non-hydrogen) atoms. The summed E-state index contributed by atoms with van der Waals surface area (Å²) in [6.45, 7) is 3.92. The van der Waals surface area contributed by atoms with E-state index in [1.165, 1.54) is 0 Å². The number of benzene rings is 1. The fourth-order valence-corrected chi connectivity index (χ4v) is 1.80. The summed E-state index contributed by atoms with van der Waals surface area (Å²) < 4.78 is 1.82. The molecule has 0 radical (unpaired) electrons. The topological polar surface area (TPSA) is 34.9 Å². The van der Waals surface area contributed by atoms with Crippen LogP contribution in [0.2, 0.25) is 0 Å². The van der Waals surface area contributed by atoms with E-state index < -0.39 is 0 Å². The molecule has 0 spiro atoms. The minimum atomic E-state index is -0.233. The van der Waals surface area contributed by atoms with E-state index in [9.17, 15) is 4.79 Å². The Morgan fingerprint density at radius 2 is 2.06 bits per heavy atom. The van der Waals surface area contributed by atoms with E-state index in [1.807, 2.05) is 36.7 Å². The fraction of sp³-hybridized carbons (Fsp3) is 0.167. The van der Waals surface area contributed by atoms with E-state index in [0.717, 1.165) is 17.1 Å². The molecule has 0 N–H and O–H groups in total. The van der Waals surface area contributed by atoms with Crippen molar-refractivity contribution in [2.75, 3.05) is 0 Å². The molecule has 0 aliphatic rings. The second kappa shape index (κ2) is 4.14. The molecule has 82 valence electrons. The van der Waals surface area contributed by atoms with Crippen LogP contribution in [0.3, 0.4) is 0 Å². The molecule has 2 aromatic rings. The summed E-state index contributed by atoms with van der Waals surface area (Å²) in [7, 11) is 0. The van der Waals surface area contributed by atoms with Gasteiger partial charge in [0.2, 0.25) is 5.12 Å². The van der Waals surface area contributed by atoms with Crippen LogP contribution in [0.25, 0.3) is 5.69 Å². The third-order valence-corrected chi connectivity index (χ3v) is 2.61. The van der Waals surface area contributed by atoms with Gasteiger partial charge < -0.3 is 0 Å². The molecule has 0 bridgehead atoms. The van der Waals surface area contributed by atoms with E-state index in [0.29, 0.717) is 5.56 Å². The molecule has 0 saturated carbocycles. The number of carbonyl (C=O) groups excluding carboxylic acids is 1. The second-order valence-corrected chi connectivity index (χ2v) is 4.10. The highest BCUT2D eigenvalue weighted by molar-refractivity contribution is 7.97. The van der Waals surface area contributed by atoms with Gasteiger partial charge >= 0.3 is 0 Å². The Morgan fingerprint density at radius 3 is 2.62 bits per heavy atom. The summed E-state index contributed by atoms with van der Waals surface area (Å²) in [5.41, 5.74) is 3.46. The number of aromatic nitrogens is 2. The molecular weight excluding hydrogens is 220 g/mol. The summed E-state index contributed by atoms with van der Waals surface area (Å²) in [5, 5.41) is 4.13. The number of thiol groups is 1. The molecule has 4 heteroatoms. The van der Waals surface area contributed by atoms with Crippen LogP contribution in [-0.2, 0) is 0 Å². The average Bonchev–Trinajstić information content (AvgIpc) is 2.58. The smallest absolute Gasteiger partial charge is 0.216 e. The number of aryl methyl sites for hydroxylation is 2. The van der Waals surface area contributed by atoms with Gasteiger partial charge in [-0.3, -0.25) is 4.79 Å². The molecule has 0 atom stereocenters. The Hall–Kier alpha value is -1.55. The molecule has 1 aromatic heterocycles. The Morgan fingerprint density at radius 1 is 1.31 bits per heavy atom. The number of rotatable bonds is 2. The SMILES string of the molecule is Cc1cc(C)n(-c2cccc(C(=O)S)c2)n1. The molecule has 0 fully saturated rings. The van der Waals surface area contributed by atoms with Gasteiger partial charge in [0.1, 0.15) is 0 Å². The van der Waals surface area contributed by atoms with Gasteiger partial charge in [-0.15, -0.1) is 12.6 Å². The van der Waals surface area contributed by atoms with Crippen LogP contribution in [0.4, 0.5) is 0 Å². The van der Waals surface area contributed by atoms with Crippen molar-refractivity contribution < 1.29 is 4.79 Å². The maximum atomic E-state index is 11.2. The van der Waals surface area contributed by atoms with Crippen molar-refractivity contribution in [1.82, 2.24) is 9.78 Å². The first kappa shape index (κ1) is 11.0. The average molecular weight is 232 g/mol. The molecule has 1 heterocycles. The number of hydrogen-bond donors (Lipinski definition) is 1. The lowest BCUT2D eigenvalue weighted by atomic mass is 10.2. The van der Waals surface area contributed by atoms with Crippen molar-refractivity contribution in [3.05, 3.63) is 47.3 Å². The predicted octanol–water partition coefficient (Wildman–Crippen LogP) is 2.56. The maximum Gasteiger partial charge on any atom is 0.216 e. The van der Waals surface area contributed by atoms with Crippen LogP contribution in [0, 0.1) is 13.8 Å². The van der Waals surface area contributed by atoms with E-state index in [2.05, 4.69) is 17.7 Å². The second-order valence-electron chi connectivity index (χ2n) is 3.69. The number of nitrogens with zero attached hydrogens (tertiary/aromatic N) is 2. The third kappa shape index (κ3) is 2.02. The zero-order chi connectivity index (χ0) is 11.7. The summed E-state index contributed by atoms with van der Waals surface area (Å²) in [4.78, 5) is 11.2. The van der Waals surface area contributed by atoms with Gasteiger partial charge in [0, 0.05) is 11.3 Å². The van der Waals surface area contributed by atoms with Crippen molar-refractivity contribution in [2.24, 2.45) is 0 Å². The van der Waals surface area contributed by atoms with Gasteiger partial charge in [0.25, 0.3) is 0 Å². The molecule has 2 rings (SSSR count). The van der Waals surface area contributed by atoms with Crippen LogP contribution in [-0.4, -0.2) is 14.9 Å². The van der Waals surface area contributed by atoms with E-state index in [1.54, 1.807) is 12.1 Å². The highest BCUT2D eigenvalue weighted by Crippen LogP contribution is 2.14. The summed E-state index contributed by atoms with van der Waals surface area (Å²) in [6.07, 6.45) is 0. The highest BCUT2D eigenvalue weighted by Gasteiger charge is 2.06. The first-order valence-corrected chi connectivity index (χ1v) is 5.39. The highest BCUT2D eigenvalue weighted by atomic mass is 32.1. The lowest BCUT2D eigenvalue weighted by Crippen LogP contribution is -2.00. The van der Waals surface area contributed by atoms with Gasteiger partial charge in [-0.1, -0.05) is 12.1 Å². The zero-order valence-corrected chi connectivity index (χ0v) is 10.0. The summed E-state index contributed by atoms with van der Waals surface area (Å²) >= 11 is 3.81. The molecule has 0 aliphatic carbocycles. The van der Waals surface area contributed by atoms with Crippen LogP contribution in [0.1, 0.15) is 21.7 Å². The zero-order valence-electron chi connectivity index (χ0n) is 9.14. The lowest BCUT2D eigenvalue weighted by Gasteiger charge is -2.05. The molecular formula is C12H12N2OS. The van der Waals surface area contributed by atoms with Crippen LogP contribution >= 0.6 is 12.6 Å². The standard InChI is InChI=1S/C12H12N2OS/c1-8-6-9(2)14(13-8)11-5-3-4-10(7-11)12(15)16/h3-7H,1-2H3,(H,15,16). The van der Waals surface area contributed by atoms with E-state index in [-0.39, 0.29) is 5.12 Å². The maximum absolute atomic E-state index is 11.2. The van der Waals surface area contributed by atoms with Crippen LogP contribution in [0.5, 0.6) is 0 Å². The summed E-state index contributed by atoms with van der Waals surface area (Å²) in [5.74, 6) is 0. The van der Waals surface area contributed by atoms with Crippen LogP contribution < -0.4 is 0 Å². The molecule has 0 saturated heterocycles. The number of carbonyl (C=O) groups is 1. The van der Waals surface area contributed by atoms with Gasteiger partial charge in [-0.2, -0.15) is 5.10 Å². The first-order valence-electron chi connectivity index (χ1n) is 4.95. The first-order chi connectivity index (χ1) is 7.58. The normalized spacial score (nSPS) is 10.4. The fourth-order valence-electron chi connectivity index (χ4n) is 1.66. The van der Waals surface area contributed by atoms with Gasteiger partial charge in [-0.25, -0.2) is 4.68 Å². The molecule has 0 amide bonds. The Labute approximate surface area is 99.5 Å². The van der Waals surface area contributed by atoms with E-state index in [4.69, 9.17) is 0 Å². The Balaban J connectivity index is 2.52. The monoisotopic (exact) mass is 232 g/mol. The summed E-state index contributed by atoms with van der Waals surface area (Å²) in [6, 6.07) is 9.27. The van der Waals surface area contributed by atoms with Crippen molar-refractivity contribution in [2.45, 2.75) is 13.8 Å². The Bertz CT molecular complexity index is 546. The lowest BCUT2D eigenvalue weighted by molar-refractivity contribution is 0.109.